The Hall–Kier alpha value is -0.590. The van der Waals surface area contributed by atoms with Crippen molar-refractivity contribution in [3.8, 4) is 6.07 Å². The second kappa shape index (κ2) is 7.76. The van der Waals surface area contributed by atoms with E-state index >= 15 is 0 Å². The van der Waals surface area contributed by atoms with Gasteiger partial charge in [-0.3, -0.25) is 0 Å². The van der Waals surface area contributed by atoms with Gasteiger partial charge in [0.25, 0.3) is 0 Å². The van der Waals surface area contributed by atoms with Crippen LogP contribution >= 0.6 is 0 Å². The number of nitrogens with zero attached hydrogens (tertiary/aromatic N) is 2. The maximum absolute atomic E-state index is 9.04. The van der Waals surface area contributed by atoms with E-state index in [4.69, 9.17) is 5.26 Å². The molecule has 1 saturated heterocycles. The van der Waals surface area contributed by atoms with E-state index in [2.05, 4.69) is 23.2 Å². The lowest BCUT2D eigenvalue weighted by Gasteiger charge is -2.34. The van der Waals surface area contributed by atoms with Crippen LogP contribution in [0.15, 0.2) is 0 Å². The first-order valence-corrected chi connectivity index (χ1v) is 7.41. The van der Waals surface area contributed by atoms with E-state index in [0.717, 1.165) is 32.0 Å². The van der Waals surface area contributed by atoms with Crippen LogP contribution in [0.2, 0.25) is 0 Å². The molecule has 1 unspecified atom stereocenters. The van der Waals surface area contributed by atoms with Crippen molar-refractivity contribution in [1.82, 2.24) is 10.2 Å². The summed E-state index contributed by atoms with van der Waals surface area (Å²) in [5, 5.41) is 12.6. The summed E-state index contributed by atoms with van der Waals surface area (Å²) >= 11 is 0. The van der Waals surface area contributed by atoms with Crippen molar-refractivity contribution in [1.29, 1.82) is 5.26 Å². The van der Waals surface area contributed by atoms with E-state index in [0.29, 0.717) is 0 Å². The molecule has 1 rings (SSSR count). The third-order valence-corrected chi connectivity index (χ3v) is 3.82. The summed E-state index contributed by atoms with van der Waals surface area (Å²) in [6.07, 6.45) is 4.87. The SMILES string of the molecule is CCCNCC1CCCN(CCC(C)(C)C#N)C1. The van der Waals surface area contributed by atoms with Crippen LogP contribution in [0, 0.1) is 22.7 Å². The molecule has 0 saturated carbocycles. The average molecular weight is 251 g/mol. The number of hydrogen-bond donors (Lipinski definition) is 1. The Balaban J connectivity index is 2.24. The van der Waals surface area contributed by atoms with E-state index in [9.17, 15) is 0 Å². The van der Waals surface area contributed by atoms with Crippen molar-refractivity contribution in [3.05, 3.63) is 0 Å². The average Bonchev–Trinajstić information content (AvgIpc) is 2.38. The molecule has 1 aliphatic rings. The van der Waals surface area contributed by atoms with Gasteiger partial charge in [0.2, 0.25) is 0 Å². The standard InChI is InChI=1S/C15H29N3/c1-4-8-17-11-14-6-5-9-18(12-14)10-7-15(2,3)13-16/h14,17H,4-12H2,1-3H3. The molecule has 0 amide bonds. The van der Waals surface area contributed by atoms with Crippen LogP contribution in [0.5, 0.6) is 0 Å². The second-order valence-corrected chi connectivity index (χ2v) is 6.26. The van der Waals surface area contributed by atoms with Gasteiger partial charge in [0.05, 0.1) is 11.5 Å². The maximum Gasteiger partial charge on any atom is 0.0684 e. The Kier molecular flexibility index (Phi) is 6.67. The zero-order valence-corrected chi connectivity index (χ0v) is 12.3. The molecule has 0 aromatic rings. The summed E-state index contributed by atoms with van der Waals surface area (Å²) in [5.41, 5.74) is -0.173. The highest BCUT2D eigenvalue weighted by molar-refractivity contribution is 4.92. The Labute approximate surface area is 113 Å². The molecule has 1 heterocycles. The van der Waals surface area contributed by atoms with Gasteiger partial charge in [-0.1, -0.05) is 6.92 Å². The molecule has 0 bridgehead atoms. The molecule has 3 heteroatoms. The van der Waals surface area contributed by atoms with Gasteiger partial charge in [-0.05, 0) is 71.6 Å². The highest BCUT2D eigenvalue weighted by Crippen LogP contribution is 2.22. The molecule has 1 N–H and O–H groups in total. The minimum atomic E-state index is -0.173. The molecule has 18 heavy (non-hydrogen) atoms. The number of nitriles is 1. The summed E-state index contributed by atoms with van der Waals surface area (Å²) < 4.78 is 0. The van der Waals surface area contributed by atoms with Crippen molar-refractivity contribution >= 4 is 0 Å². The first kappa shape index (κ1) is 15.5. The number of rotatable bonds is 7. The normalized spacial score (nSPS) is 21.8. The fourth-order valence-corrected chi connectivity index (χ4v) is 2.50. The third-order valence-electron chi connectivity index (χ3n) is 3.82. The molecule has 0 aliphatic carbocycles. The number of piperidine rings is 1. The lowest BCUT2D eigenvalue weighted by atomic mass is 9.90. The minimum absolute atomic E-state index is 0.173. The summed E-state index contributed by atoms with van der Waals surface area (Å²) in [6, 6.07) is 2.39. The van der Waals surface area contributed by atoms with Gasteiger partial charge in [0.15, 0.2) is 0 Å². The molecule has 1 aliphatic heterocycles. The highest BCUT2D eigenvalue weighted by atomic mass is 15.1. The predicted octanol–water partition coefficient (Wildman–Crippen LogP) is 2.64. The molecule has 3 nitrogen and oxygen atoms in total. The first-order valence-electron chi connectivity index (χ1n) is 7.41. The molecule has 1 fully saturated rings. The highest BCUT2D eigenvalue weighted by Gasteiger charge is 2.22. The van der Waals surface area contributed by atoms with Crippen molar-refractivity contribution in [3.63, 3.8) is 0 Å². The lowest BCUT2D eigenvalue weighted by Crippen LogP contribution is -2.41. The van der Waals surface area contributed by atoms with Crippen molar-refractivity contribution in [2.24, 2.45) is 11.3 Å². The van der Waals surface area contributed by atoms with E-state index in [-0.39, 0.29) is 5.41 Å². The quantitative estimate of drug-likeness (QED) is 0.707. The van der Waals surface area contributed by atoms with Gasteiger partial charge >= 0.3 is 0 Å². The summed E-state index contributed by atoms with van der Waals surface area (Å²) in [5.74, 6) is 0.801. The van der Waals surface area contributed by atoms with Crippen molar-refractivity contribution in [2.75, 3.05) is 32.7 Å². The van der Waals surface area contributed by atoms with Gasteiger partial charge < -0.3 is 10.2 Å². The molecule has 0 spiro atoms. The second-order valence-electron chi connectivity index (χ2n) is 6.26. The Morgan fingerprint density at radius 1 is 1.44 bits per heavy atom. The zero-order valence-electron chi connectivity index (χ0n) is 12.3. The van der Waals surface area contributed by atoms with Crippen molar-refractivity contribution < 1.29 is 0 Å². The van der Waals surface area contributed by atoms with Crippen LogP contribution in [0.3, 0.4) is 0 Å². The molecule has 0 radical (unpaired) electrons. The van der Waals surface area contributed by atoms with Gasteiger partial charge in [-0.25, -0.2) is 0 Å². The first-order chi connectivity index (χ1) is 8.57. The van der Waals surface area contributed by atoms with E-state index in [1.54, 1.807) is 0 Å². The fraction of sp³-hybridized carbons (Fsp3) is 0.933. The Morgan fingerprint density at radius 3 is 2.89 bits per heavy atom. The van der Waals surface area contributed by atoms with Gasteiger partial charge in [0.1, 0.15) is 0 Å². The predicted molar refractivity (Wildman–Crippen MR) is 76.3 cm³/mol. The number of nitrogens with one attached hydrogen (secondary N) is 1. The maximum atomic E-state index is 9.04. The Bertz CT molecular complexity index is 267. The van der Waals surface area contributed by atoms with E-state index < -0.39 is 0 Å². The van der Waals surface area contributed by atoms with Gasteiger partial charge in [-0.15, -0.1) is 0 Å². The third kappa shape index (κ3) is 5.84. The fourth-order valence-electron chi connectivity index (χ4n) is 2.50. The van der Waals surface area contributed by atoms with Crippen LogP contribution in [0.4, 0.5) is 0 Å². The molecular formula is C15H29N3. The smallest absolute Gasteiger partial charge is 0.0684 e. The van der Waals surface area contributed by atoms with Crippen LogP contribution in [0.25, 0.3) is 0 Å². The molecular weight excluding hydrogens is 222 g/mol. The number of likely N-dealkylation sites (tertiary alicyclic amines) is 1. The topological polar surface area (TPSA) is 39.1 Å². The van der Waals surface area contributed by atoms with Crippen LogP contribution in [-0.2, 0) is 0 Å². The summed E-state index contributed by atoms with van der Waals surface area (Å²) in [7, 11) is 0. The van der Waals surface area contributed by atoms with Crippen LogP contribution in [-0.4, -0.2) is 37.6 Å². The van der Waals surface area contributed by atoms with E-state index in [1.165, 1.54) is 32.4 Å². The minimum Gasteiger partial charge on any atom is -0.316 e. The van der Waals surface area contributed by atoms with Crippen LogP contribution < -0.4 is 5.32 Å². The molecule has 1 atom stereocenters. The van der Waals surface area contributed by atoms with Crippen LogP contribution in [0.1, 0.15) is 46.5 Å². The van der Waals surface area contributed by atoms with Crippen molar-refractivity contribution in [2.45, 2.75) is 46.5 Å². The van der Waals surface area contributed by atoms with Gasteiger partial charge in [-0.2, -0.15) is 5.26 Å². The summed E-state index contributed by atoms with van der Waals surface area (Å²) in [4.78, 5) is 2.54. The monoisotopic (exact) mass is 251 g/mol. The molecule has 0 aromatic heterocycles. The zero-order chi connectivity index (χ0) is 13.4. The number of hydrogen-bond acceptors (Lipinski definition) is 3. The molecule has 104 valence electrons. The Morgan fingerprint density at radius 2 is 2.22 bits per heavy atom. The largest absolute Gasteiger partial charge is 0.316 e. The lowest BCUT2D eigenvalue weighted by molar-refractivity contribution is 0.159. The van der Waals surface area contributed by atoms with Gasteiger partial charge in [0, 0.05) is 6.54 Å². The molecule has 0 aromatic carbocycles. The van der Waals surface area contributed by atoms with E-state index in [1.807, 2.05) is 13.8 Å². The summed E-state index contributed by atoms with van der Waals surface area (Å²) in [6.45, 7) is 12.1.